The molecule has 0 radical (unpaired) electrons. The molecule has 0 aromatic heterocycles. The Labute approximate surface area is 184 Å². The third-order valence-corrected chi connectivity index (χ3v) is 8.84. The van der Waals surface area contributed by atoms with E-state index in [1.54, 1.807) is 19.1 Å². The van der Waals surface area contributed by atoms with E-state index < -0.39 is 44.2 Å². The van der Waals surface area contributed by atoms with Crippen molar-refractivity contribution in [3.05, 3.63) is 12.2 Å². The van der Waals surface area contributed by atoms with Crippen molar-refractivity contribution in [1.29, 1.82) is 0 Å². The molecule has 0 aromatic rings. The molecule has 10 heteroatoms. The van der Waals surface area contributed by atoms with Crippen LogP contribution < -0.4 is 15.8 Å². The Kier molecular flexibility index (Phi) is 6.81. The van der Waals surface area contributed by atoms with E-state index in [1.807, 2.05) is 0 Å². The van der Waals surface area contributed by atoms with Gasteiger partial charge in [-0.2, -0.15) is 0 Å². The number of rotatable bonds is 3. The van der Waals surface area contributed by atoms with Crippen LogP contribution in [0.25, 0.3) is 0 Å². The second-order valence-corrected chi connectivity index (χ2v) is 11.6. The van der Waals surface area contributed by atoms with Gasteiger partial charge in [0.2, 0.25) is 21.8 Å². The summed E-state index contributed by atoms with van der Waals surface area (Å²) in [5.74, 6) is -1.53. The van der Waals surface area contributed by atoms with E-state index in [-0.39, 0.29) is 5.91 Å². The predicted octanol–water partition coefficient (Wildman–Crippen LogP) is 0.698. The molecule has 2 heterocycles. The fourth-order valence-corrected chi connectivity index (χ4v) is 5.41. The van der Waals surface area contributed by atoms with Gasteiger partial charge >= 0.3 is 0 Å². The molecule has 0 spiro atoms. The minimum absolute atomic E-state index is 0.249. The highest BCUT2D eigenvalue weighted by atomic mass is 32.2. The van der Waals surface area contributed by atoms with Crippen molar-refractivity contribution in [1.82, 2.24) is 14.9 Å². The number of nitrogens with zero attached hydrogens (tertiary/aromatic N) is 1. The van der Waals surface area contributed by atoms with Crippen molar-refractivity contribution in [2.75, 3.05) is 6.54 Å². The summed E-state index contributed by atoms with van der Waals surface area (Å²) in [4.78, 5) is 40.4. The van der Waals surface area contributed by atoms with Crippen LogP contribution in [0.5, 0.6) is 0 Å². The van der Waals surface area contributed by atoms with Gasteiger partial charge in [0.25, 0.3) is 5.91 Å². The maximum absolute atomic E-state index is 13.1. The summed E-state index contributed by atoms with van der Waals surface area (Å²) < 4.78 is 26.4. The van der Waals surface area contributed by atoms with Crippen molar-refractivity contribution in [3.8, 4) is 0 Å². The number of hydrogen-bond donors (Lipinski definition) is 3. The van der Waals surface area contributed by atoms with Gasteiger partial charge in [0.1, 0.15) is 11.6 Å². The van der Waals surface area contributed by atoms with Crippen LogP contribution in [-0.2, 0) is 24.4 Å². The fraction of sp³-hybridized carbons (Fsp3) is 0.762. The molecule has 31 heavy (non-hydrogen) atoms. The minimum atomic E-state index is -3.85. The average molecular weight is 455 g/mol. The van der Waals surface area contributed by atoms with Crippen LogP contribution in [0.1, 0.15) is 71.6 Å². The number of fused-ring (bicyclic) bond motifs is 1. The summed E-state index contributed by atoms with van der Waals surface area (Å²) in [6.45, 7) is 3.52. The van der Waals surface area contributed by atoms with Gasteiger partial charge in [-0.25, -0.2) is 8.42 Å². The molecule has 3 amide bonds. The summed E-state index contributed by atoms with van der Waals surface area (Å²) in [5.41, 5.74) is 4.52. The average Bonchev–Trinajstić information content (AvgIpc) is 3.27. The number of amides is 3. The zero-order valence-electron chi connectivity index (χ0n) is 18.4. The first-order valence-electron chi connectivity index (χ1n) is 11.1. The molecule has 3 aliphatic rings. The molecule has 2 fully saturated rings. The Morgan fingerprint density at radius 2 is 1.87 bits per heavy atom. The molecule has 4 N–H and O–H groups in total. The maximum atomic E-state index is 13.1. The first kappa shape index (κ1) is 23.7. The van der Waals surface area contributed by atoms with Crippen LogP contribution in [-0.4, -0.2) is 60.0 Å². The van der Waals surface area contributed by atoms with Crippen LogP contribution in [0.4, 0.5) is 0 Å². The Balaban J connectivity index is 1.85. The number of nitrogens with two attached hydrogens (primary N) is 1. The zero-order chi connectivity index (χ0) is 22.9. The number of sulfonamides is 1. The van der Waals surface area contributed by atoms with Crippen LogP contribution in [0.2, 0.25) is 0 Å². The lowest BCUT2D eigenvalue weighted by atomic mass is 9.98. The highest BCUT2D eigenvalue weighted by Gasteiger charge is 2.52. The van der Waals surface area contributed by atoms with Gasteiger partial charge in [0, 0.05) is 6.54 Å². The first-order valence-corrected chi connectivity index (χ1v) is 12.6. The molecule has 0 bridgehead atoms. The molecule has 1 aliphatic carbocycles. The topological polar surface area (TPSA) is 139 Å². The Hall–Kier alpha value is -1.94. The van der Waals surface area contributed by atoms with Crippen molar-refractivity contribution in [3.63, 3.8) is 0 Å². The van der Waals surface area contributed by atoms with E-state index in [2.05, 4.69) is 10.0 Å². The SMILES string of the molecule is CC1(C(=O)NS(=O)(=O)C2(C)CC2)C=CCCCCCC(N)C(=O)N2CCCC2C(=O)N1. The van der Waals surface area contributed by atoms with E-state index in [1.165, 1.54) is 11.8 Å². The number of carbonyl (C=O) groups excluding carboxylic acids is 3. The molecule has 1 saturated heterocycles. The summed E-state index contributed by atoms with van der Waals surface area (Å²) in [6.07, 6.45) is 9.26. The molecule has 3 unspecified atom stereocenters. The Morgan fingerprint density at radius 3 is 2.55 bits per heavy atom. The second-order valence-electron chi connectivity index (χ2n) is 9.41. The van der Waals surface area contributed by atoms with Gasteiger partial charge in [0.15, 0.2) is 0 Å². The lowest BCUT2D eigenvalue weighted by molar-refractivity contribution is -0.140. The Morgan fingerprint density at radius 1 is 1.16 bits per heavy atom. The molecule has 174 valence electrons. The highest BCUT2D eigenvalue weighted by molar-refractivity contribution is 7.91. The van der Waals surface area contributed by atoms with Crippen LogP contribution in [0.15, 0.2) is 12.2 Å². The summed E-state index contributed by atoms with van der Waals surface area (Å²) >= 11 is 0. The van der Waals surface area contributed by atoms with E-state index in [0.717, 1.165) is 19.3 Å². The molecule has 3 rings (SSSR count). The van der Waals surface area contributed by atoms with Crippen molar-refractivity contribution >= 4 is 27.7 Å². The number of hydrogen-bond acceptors (Lipinski definition) is 6. The lowest BCUT2D eigenvalue weighted by Gasteiger charge is -2.32. The number of allylic oxidation sites excluding steroid dienone is 1. The predicted molar refractivity (Wildman–Crippen MR) is 116 cm³/mol. The summed E-state index contributed by atoms with van der Waals surface area (Å²) in [6, 6.07) is -1.37. The molecule has 9 nitrogen and oxygen atoms in total. The number of nitrogens with one attached hydrogen (secondary N) is 2. The third-order valence-electron chi connectivity index (χ3n) is 6.68. The molecule has 2 aliphatic heterocycles. The van der Waals surface area contributed by atoms with E-state index in [9.17, 15) is 22.8 Å². The van der Waals surface area contributed by atoms with Crippen LogP contribution in [0, 0.1) is 0 Å². The summed E-state index contributed by atoms with van der Waals surface area (Å²) in [7, 11) is -3.85. The standard InChI is InChI=1S/C21H34N4O5S/c1-20(12-13-20)31(29,30)24-19(28)21(2)11-7-5-3-4-6-9-15(22)18(27)25-14-8-10-16(25)17(26)23-21/h7,11,15-16H,3-6,8-10,12-14,22H2,1-2H3,(H,23,26)(H,24,28). The molecule has 0 aromatic carbocycles. The van der Waals surface area contributed by atoms with Crippen LogP contribution >= 0.6 is 0 Å². The largest absolute Gasteiger partial charge is 0.337 e. The Bertz CT molecular complexity index is 867. The third kappa shape index (κ3) is 5.11. The van der Waals surface area contributed by atoms with E-state index in [0.29, 0.717) is 45.1 Å². The molecular weight excluding hydrogens is 420 g/mol. The van der Waals surface area contributed by atoms with Gasteiger partial charge in [-0.05, 0) is 58.8 Å². The lowest BCUT2D eigenvalue weighted by Crippen LogP contribution is -2.61. The minimum Gasteiger partial charge on any atom is -0.337 e. The highest BCUT2D eigenvalue weighted by Crippen LogP contribution is 2.42. The van der Waals surface area contributed by atoms with E-state index in [4.69, 9.17) is 5.73 Å². The number of carbonyl (C=O) groups is 3. The second kappa shape index (κ2) is 8.90. The molecule has 3 atom stereocenters. The van der Waals surface area contributed by atoms with Gasteiger partial charge < -0.3 is 16.0 Å². The molecular formula is C21H34N4O5S. The van der Waals surface area contributed by atoms with Crippen molar-refractivity contribution in [2.45, 2.75) is 94.0 Å². The fourth-order valence-electron chi connectivity index (χ4n) is 4.07. The van der Waals surface area contributed by atoms with Gasteiger partial charge in [-0.1, -0.05) is 25.0 Å². The first-order chi connectivity index (χ1) is 14.5. The van der Waals surface area contributed by atoms with Crippen molar-refractivity contribution in [2.24, 2.45) is 5.73 Å². The van der Waals surface area contributed by atoms with Crippen LogP contribution in [0.3, 0.4) is 0 Å². The van der Waals surface area contributed by atoms with Gasteiger partial charge in [-0.3, -0.25) is 19.1 Å². The normalized spacial score (nSPS) is 32.0. The van der Waals surface area contributed by atoms with Gasteiger partial charge in [-0.15, -0.1) is 0 Å². The molecule has 1 saturated carbocycles. The quantitative estimate of drug-likeness (QED) is 0.537. The zero-order valence-corrected chi connectivity index (χ0v) is 19.2. The maximum Gasteiger partial charge on any atom is 0.262 e. The van der Waals surface area contributed by atoms with E-state index >= 15 is 0 Å². The van der Waals surface area contributed by atoms with Gasteiger partial charge in [0.05, 0.1) is 10.8 Å². The summed E-state index contributed by atoms with van der Waals surface area (Å²) in [5, 5.41) is 2.71. The smallest absolute Gasteiger partial charge is 0.262 e. The van der Waals surface area contributed by atoms with Crippen molar-refractivity contribution < 1.29 is 22.8 Å². The monoisotopic (exact) mass is 454 g/mol.